The minimum atomic E-state index is 0.266. The van der Waals surface area contributed by atoms with E-state index in [0.29, 0.717) is 6.04 Å². The van der Waals surface area contributed by atoms with Gasteiger partial charge in [-0.3, -0.25) is 0 Å². The van der Waals surface area contributed by atoms with E-state index < -0.39 is 0 Å². The fourth-order valence-electron chi connectivity index (χ4n) is 2.32. The first-order valence-electron chi connectivity index (χ1n) is 6.87. The molecular weight excluding hydrogens is 334 g/mol. The number of hydrogen-bond acceptors (Lipinski definition) is 1. The molecule has 2 rings (SSSR count). The summed E-state index contributed by atoms with van der Waals surface area (Å²) in [7, 11) is 0. The van der Waals surface area contributed by atoms with Crippen molar-refractivity contribution < 1.29 is 0 Å². The Balaban J connectivity index is 2.11. The fraction of sp³-hybridized carbons (Fsp3) is 0.294. The van der Waals surface area contributed by atoms with Crippen molar-refractivity contribution in [2.45, 2.75) is 32.4 Å². The van der Waals surface area contributed by atoms with Crippen LogP contribution >= 0.6 is 27.5 Å². The van der Waals surface area contributed by atoms with Crippen molar-refractivity contribution in [2.24, 2.45) is 0 Å². The van der Waals surface area contributed by atoms with Gasteiger partial charge in [0.1, 0.15) is 0 Å². The van der Waals surface area contributed by atoms with Gasteiger partial charge in [-0.2, -0.15) is 0 Å². The monoisotopic (exact) mass is 351 g/mol. The van der Waals surface area contributed by atoms with Crippen LogP contribution in [0, 0.1) is 0 Å². The summed E-state index contributed by atoms with van der Waals surface area (Å²) in [6, 6.07) is 17.1. The Morgan fingerprint density at radius 3 is 2.40 bits per heavy atom. The molecule has 1 nitrogen and oxygen atoms in total. The molecule has 0 aliphatic rings. The van der Waals surface area contributed by atoms with E-state index in [9.17, 15) is 0 Å². The summed E-state index contributed by atoms with van der Waals surface area (Å²) in [6.07, 6.45) is 1.05. The summed E-state index contributed by atoms with van der Waals surface area (Å²) in [5.41, 5.74) is 2.53. The molecule has 0 heterocycles. The highest BCUT2D eigenvalue weighted by molar-refractivity contribution is 9.10. The zero-order valence-corrected chi connectivity index (χ0v) is 14.1. The highest BCUT2D eigenvalue weighted by Crippen LogP contribution is 2.24. The highest BCUT2D eigenvalue weighted by atomic mass is 79.9. The number of nitrogens with one attached hydrogen (secondary N) is 1. The van der Waals surface area contributed by atoms with Crippen molar-refractivity contribution in [1.82, 2.24) is 5.32 Å². The van der Waals surface area contributed by atoms with Crippen LogP contribution in [0.2, 0.25) is 5.02 Å². The maximum absolute atomic E-state index is 6.06. The molecule has 0 aromatic heterocycles. The van der Waals surface area contributed by atoms with Crippen LogP contribution in [0.3, 0.4) is 0 Å². The van der Waals surface area contributed by atoms with Crippen molar-refractivity contribution in [3.8, 4) is 0 Å². The normalized spacial score (nSPS) is 14.0. The third kappa shape index (κ3) is 4.08. The second kappa shape index (κ2) is 7.26. The predicted octanol–water partition coefficient (Wildman–Crippen LogP) is 5.90. The summed E-state index contributed by atoms with van der Waals surface area (Å²) in [5.74, 6) is 0. The first-order chi connectivity index (χ1) is 9.60. The van der Waals surface area contributed by atoms with Crippen molar-refractivity contribution >= 4 is 27.5 Å². The number of halogens is 2. The van der Waals surface area contributed by atoms with Gasteiger partial charge < -0.3 is 5.32 Å². The van der Waals surface area contributed by atoms with Gasteiger partial charge >= 0.3 is 0 Å². The average Bonchev–Trinajstić information content (AvgIpc) is 2.45. The Bertz CT molecular complexity index is 553. The third-order valence-electron chi connectivity index (χ3n) is 3.48. The van der Waals surface area contributed by atoms with Crippen LogP contribution in [0.15, 0.2) is 53.0 Å². The minimum absolute atomic E-state index is 0.266. The predicted molar refractivity (Wildman–Crippen MR) is 90.2 cm³/mol. The van der Waals surface area contributed by atoms with E-state index in [1.807, 2.05) is 18.2 Å². The van der Waals surface area contributed by atoms with E-state index in [1.165, 1.54) is 11.1 Å². The molecule has 20 heavy (non-hydrogen) atoms. The SMILES string of the molecule is CCC(NC(C)c1cccc(Cl)c1)c1ccc(Br)cc1. The van der Waals surface area contributed by atoms with E-state index in [-0.39, 0.29) is 6.04 Å². The Kier molecular flexibility index (Phi) is 5.64. The molecule has 2 aromatic rings. The second-order valence-electron chi connectivity index (χ2n) is 4.96. The Morgan fingerprint density at radius 2 is 1.80 bits per heavy atom. The standard InChI is InChI=1S/C17H19BrClN/c1-3-17(13-7-9-15(18)10-8-13)20-12(2)14-5-4-6-16(19)11-14/h4-12,17,20H,3H2,1-2H3. The van der Waals surface area contributed by atoms with Gasteiger partial charge in [-0.1, -0.05) is 58.7 Å². The summed E-state index contributed by atoms with van der Waals surface area (Å²) < 4.78 is 1.11. The molecule has 0 saturated carbocycles. The maximum atomic E-state index is 6.06. The number of hydrogen-bond donors (Lipinski definition) is 1. The van der Waals surface area contributed by atoms with Crippen LogP contribution in [0.25, 0.3) is 0 Å². The van der Waals surface area contributed by atoms with Gasteiger partial charge in [0.05, 0.1) is 0 Å². The lowest BCUT2D eigenvalue weighted by atomic mass is 10.0. The summed E-state index contributed by atoms with van der Waals surface area (Å²) in [5, 5.41) is 4.46. The van der Waals surface area contributed by atoms with Gasteiger partial charge in [-0.25, -0.2) is 0 Å². The van der Waals surface area contributed by atoms with Crippen LogP contribution in [0.4, 0.5) is 0 Å². The average molecular weight is 353 g/mol. The smallest absolute Gasteiger partial charge is 0.0409 e. The third-order valence-corrected chi connectivity index (χ3v) is 4.24. The molecule has 0 bridgehead atoms. The lowest BCUT2D eigenvalue weighted by Gasteiger charge is -2.23. The largest absolute Gasteiger partial charge is 0.303 e. The number of benzene rings is 2. The Labute approximate surface area is 134 Å². The molecule has 3 heteroatoms. The van der Waals surface area contributed by atoms with Crippen molar-refractivity contribution in [2.75, 3.05) is 0 Å². The number of rotatable bonds is 5. The van der Waals surface area contributed by atoms with Gasteiger partial charge in [0.15, 0.2) is 0 Å². The van der Waals surface area contributed by atoms with Crippen molar-refractivity contribution in [3.63, 3.8) is 0 Å². The first kappa shape index (κ1) is 15.6. The molecule has 0 spiro atoms. The molecule has 2 aromatic carbocycles. The Hall–Kier alpha value is -0.830. The van der Waals surface area contributed by atoms with Crippen LogP contribution in [-0.4, -0.2) is 0 Å². The van der Waals surface area contributed by atoms with E-state index in [1.54, 1.807) is 0 Å². The van der Waals surface area contributed by atoms with Crippen LogP contribution in [0.5, 0.6) is 0 Å². The molecule has 2 atom stereocenters. The molecule has 106 valence electrons. The van der Waals surface area contributed by atoms with E-state index in [2.05, 4.69) is 65.4 Å². The van der Waals surface area contributed by atoms with Crippen molar-refractivity contribution in [1.29, 1.82) is 0 Å². The van der Waals surface area contributed by atoms with Gasteiger partial charge in [0.2, 0.25) is 0 Å². The Morgan fingerprint density at radius 1 is 1.10 bits per heavy atom. The fourth-order valence-corrected chi connectivity index (χ4v) is 2.78. The molecule has 0 saturated heterocycles. The van der Waals surface area contributed by atoms with Gasteiger partial charge in [-0.05, 0) is 48.7 Å². The van der Waals surface area contributed by atoms with E-state index >= 15 is 0 Å². The molecule has 0 fully saturated rings. The van der Waals surface area contributed by atoms with Crippen LogP contribution < -0.4 is 5.32 Å². The second-order valence-corrected chi connectivity index (χ2v) is 6.31. The van der Waals surface area contributed by atoms with E-state index in [0.717, 1.165) is 15.9 Å². The highest BCUT2D eigenvalue weighted by Gasteiger charge is 2.13. The van der Waals surface area contributed by atoms with Gasteiger partial charge in [-0.15, -0.1) is 0 Å². The zero-order chi connectivity index (χ0) is 14.5. The summed E-state index contributed by atoms with van der Waals surface area (Å²) in [4.78, 5) is 0. The molecule has 0 amide bonds. The summed E-state index contributed by atoms with van der Waals surface area (Å²) in [6.45, 7) is 4.37. The molecule has 2 unspecified atom stereocenters. The molecule has 0 aliphatic carbocycles. The molecule has 0 radical (unpaired) electrons. The molecule has 0 aliphatic heterocycles. The lowest BCUT2D eigenvalue weighted by molar-refractivity contribution is 0.456. The molecular formula is C17H19BrClN. The zero-order valence-electron chi connectivity index (χ0n) is 11.7. The topological polar surface area (TPSA) is 12.0 Å². The lowest BCUT2D eigenvalue weighted by Crippen LogP contribution is -2.24. The van der Waals surface area contributed by atoms with Crippen molar-refractivity contribution in [3.05, 3.63) is 69.2 Å². The van der Waals surface area contributed by atoms with E-state index in [4.69, 9.17) is 11.6 Å². The maximum Gasteiger partial charge on any atom is 0.0409 e. The quantitative estimate of drug-likeness (QED) is 0.706. The molecule has 1 N–H and O–H groups in total. The van der Waals surface area contributed by atoms with Crippen LogP contribution in [0.1, 0.15) is 43.5 Å². The van der Waals surface area contributed by atoms with Crippen LogP contribution in [-0.2, 0) is 0 Å². The van der Waals surface area contributed by atoms with Gasteiger partial charge in [0, 0.05) is 21.6 Å². The van der Waals surface area contributed by atoms with Gasteiger partial charge in [0.25, 0.3) is 0 Å². The minimum Gasteiger partial charge on any atom is -0.303 e. The first-order valence-corrected chi connectivity index (χ1v) is 8.04. The summed E-state index contributed by atoms with van der Waals surface area (Å²) >= 11 is 9.54.